The zero-order chi connectivity index (χ0) is 13.1. The zero-order valence-electron chi connectivity index (χ0n) is 11.2. The molecule has 0 aliphatic carbocycles. The lowest BCUT2D eigenvalue weighted by Gasteiger charge is -2.35. The molecule has 0 spiro atoms. The van der Waals surface area contributed by atoms with Crippen molar-refractivity contribution in [1.82, 2.24) is 10.2 Å². The summed E-state index contributed by atoms with van der Waals surface area (Å²) in [5, 5.41) is 3.19. The number of hydrogen-bond acceptors (Lipinski definition) is 2. The smallest absolute Gasteiger partial charge is 0.133 e. The highest BCUT2D eigenvalue weighted by Gasteiger charge is 2.26. The van der Waals surface area contributed by atoms with Gasteiger partial charge in [0.25, 0.3) is 0 Å². The van der Waals surface area contributed by atoms with Crippen LogP contribution in [0, 0.1) is 17.5 Å². The van der Waals surface area contributed by atoms with E-state index in [9.17, 15) is 13.2 Å². The largest absolute Gasteiger partial charge is 0.314 e. The SMILES string of the molecule is CC[C@H](c1c(F)cc(F)cc1F)N1CCNCC1.Cl.Cl. The van der Waals surface area contributed by atoms with Crippen LogP contribution in [0.25, 0.3) is 0 Å². The van der Waals surface area contributed by atoms with Crippen LogP contribution in [0.15, 0.2) is 12.1 Å². The minimum atomic E-state index is -0.871. The van der Waals surface area contributed by atoms with Gasteiger partial charge >= 0.3 is 0 Å². The normalized spacial score (nSPS) is 17.0. The molecule has 1 saturated heterocycles. The zero-order valence-corrected chi connectivity index (χ0v) is 12.8. The number of rotatable bonds is 3. The molecule has 1 fully saturated rings. The summed E-state index contributed by atoms with van der Waals surface area (Å²) in [7, 11) is 0. The van der Waals surface area contributed by atoms with Gasteiger partial charge in [0.05, 0.1) is 0 Å². The van der Waals surface area contributed by atoms with Gasteiger partial charge in [0.2, 0.25) is 0 Å². The molecule has 1 aliphatic rings. The summed E-state index contributed by atoms with van der Waals surface area (Å²) < 4.78 is 40.5. The van der Waals surface area contributed by atoms with E-state index in [1.165, 1.54) is 0 Å². The van der Waals surface area contributed by atoms with Gasteiger partial charge in [-0.3, -0.25) is 4.90 Å². The maximum Gasteiger partial charge on any atom is 0.133 e. The van der Waals surface area contributed by atoms with Crippen LogP contribution in [0.3, 0.4) is 0 Å². The molecular weight excluding hydrogens is 312 g/mol. The third-order valence-corrected chi connectivity index (χ3v) is 3.36. The first-order valence-corrected chi connectivity index (χ1v) is 6.22. The van der Waals surface area contributed by atoms with E-state index in [1.807, 2.05) is 11.8 Å². The van der Waals surface area contributed by atoms with Gasteiger partial charge in [0.1, 0.15) is 17.5 Å². The van der Waals surface area contributed by atoms with Gasteiger partial charge in [-0.15, -0.1) is 24.8 Å². The fourth-order valence-corrected chi connectivity index (χ4v) is 2.51. The number of nitrogens with zero attached hydrogens (tertiary/aromatic N) is 1. The summed E-state index contributed by atoms with van der Waals surface area (Å²) in [6.45, 7) is 4.99. The Balaban J connectivity index is 0.00000180. The van der Waals surface area contributed by atoms with Crippen LogP contribution in [0.1, 0.15) is 24.9 Å². The van der Waals surface area contributed by atoms with E-state index in [1.54, 1.807) is 0 Å². The Morgan fingerprint density at radius 1 is 1.10 bits per heavy atom. The molecule has 2 rings (SSSR count). The second-order valence-corrected chi connectivity index (χ2v) is 4.49. The average molecular weight is 331 g/mol. The number of benzene rings is 1. The Morgan fingerprint density at radius 2 is 1.60 bits per heavy atom. The van der Waals surface area contributed by atoms with Crippen LogP contribution >= 0.6 is 24.8 Å². The van der Waals surface area contributed by atoms with Crippen LogP contribution in [0.2, 0.25) is 0 Å². The van der Waals surface area contributed by atoms with Crippen molar-refractivity contribution in [1.29, 1.82) is 0 Å². The van der Waals surface area contributed by atoms with Crippen molar-refractivity contribution in [2.75, 3.05) is 26.2 Å². The van der Waals surface area contributed by atoms with Gasteiger partial charge in [0, 0.05) is 49.9 Å². The van der Waals surface area contributed by atoms with E-state index in [-0.39, 0.29) is 36.4 Å². The van der Waals surface area contributed by atoms with Gasteiger partial charge in [-0.05, 0) is 6.42 Å². The fraction of sp³-hybridized carbons (Fsp3) is 0.538. The number of nitrogens with one attached hydrogen (secondary N) is 1. The molecule has 0 radical (unpaired) electrons. The molecule has 0 amide bonds. The molecule has 116 valence electrons. The monoisotopic (exact) mass is 330 g/mol. The Kier molecular flexibility index (Phi) is 8.51. The Bertz CT molecular complexity index is 403. The molecule has 1 aromatic carbocycles. The first-order valence-electron chi connectivity index (χ1n) is 6.22. The predicted molar refractivity (Wildman–Crippen MR) is 78.3 cm³/mol. The van der Waals surface area contributed by atoms with E-state index < -0.39 is 17.5 Å². The predicted octanol–water partition coefficient (Wildman–Crippen LogP) is 3.30. The van der Waals surface area contributed by atoms with Crippen molar-refractivity contribution < 1.29 is 13.2 Å². The molecule has 0 unspecified atom stereocenters. The van der Waals surface area contributed by atoms with Crippen molar-refractivity contribution >= 4 is 24.8 Å². The third kappa shape index (κ3) is 4.25. The summed E-state index contributed by atoms with van der Waals surface area (Å²) in [6, 6.07) is 1.18. The van der Waals surface area contributed by atoms with Crippen molar-refractivity contribution in [3.05, 3.63) is 35.1 Å². The molecular formula is C13H19Cl2F3N2. The Hall–Kier alpha value is -0.490. The molecule has 20 heavy (non-hydrogen) atoms. The standard InChI is InChI=1S/C13H17F3N2.2ClH/c1-2-12(18-5-3-17-4-6-18)13-10(15)7-9(14)8-11(13)16;;/h7-8,12,17H,2-6H2,1H3;2*1H/t12-;;/m1../s1. The molecule has 0 aromatic heterocycles. The van der Waals surface area contributed by atoms with E-state index in [4.69, 9.17) is 0 Å². The van der Waals surface area contributed by atoms with E-state index >= 15 is 0 Å². The van der Waals surface area contributed by atoms with Crippen molar-refractivity contribution in [3.63, 3.8) is 0 Å². The topological polar surface area (TPSA) is 15.3 Å². The molecule has 2 nitrogen and oxygen atoms in total. The van der Waals surface area contributed by atoms with Crippen LogP contribution in [0.5, 0.6) is 0 Å². The number of piperazine rings is 1. The van der Waals surface area contributed by atoms with Gasteiger partial charge in [0.15, 0.2) is 0 Å². The second-order valence-electron chi connectivity index (χ2n) is 4.49. The highest BCUT2D eigenvalue weighted by atomic mass is 35.5. The quantitative estimate of drug-likeness (QED) is 0.914. The van der Waals surface area contributed by atoms with Crippen LogP contribution < -0.4 is 5.32 Å². The summed E-state index contributed by atoms with van der Waals surface area (Å²) in [6.07, 6.45) is 0.597. The minimum absolute atomic E-state index is 0. The lowest BCUT2D eigenvalue weighted by Crippen LogP contribution is -2.45. The lowest BCUT2D eigenvalue weighted by molar-refractivity contribution is 0.162. The van der Waals surface area contributed by atoms with Gasteiger partial charge < -0.3 is 5.32 Å². The summed E-state index contributed by atoms with van der Waals surface area (Å²) in [5.74, 6) is -2.46. The molecule has 1 atom stereocenters. The maximum absolute atomic E-state index is 13.8. The summed E-state index contributed by atoms with van der Waals surface area (Å²) >= 11 is 0. The molecule has 0 saturated carbocycles. The molecule has 1 aliphatic heterocycles. The highest BCUT2D eigenvalue weighted by molar-refractivity contribution is 5.85. The minimum Gasteiger partial charge on any atom is -0.314 e. The first-order chi connectivity index (χ1) is 8.63. The maximum atomic E-state index is 13.8. The summed E-state index contributed by atoms with van der Waals surface area (Å²) in [5.41, 5.74) is -0.0131. The number of hydrogen-bond donors (Lipinski definition) is 1. The molecule has 7 heteroatoms. The van der Waals surface area contributed by atoms with E-state index in [0.29, 0.717) is 6.42 Å². The molecule has 1 N–H and O–H groups in total. The average Bonchev–Trinajstić information content (AvgIpc) is 2.34. The fourth-order valence-electron chi connectivity index (χ4n) is 2.51. The molecule has 0 bridgehead atoms. The lowest BCUT2D eigenvalue weighted by atomic mass is 10.0. The Morgan fingerprint density at radius 3 is 2.05 bits per heavy atom. The van der Waals surface area contributed by atoms with Crippen molar-refractivity contribution in [2.24, 2.45) is 0 Å². The van der Waals surface area contributed by atoms with E-state index in [2.05, 4.69) is 5.32 Å². The van der Waals surface area contributed by atoms with Crippen LogP contribution in [0.4, 0.5) is 13.2 Å². The van der Waals surface area contributed by atoms with Crippen molar-refractivity contribution in [2.45, 2.75) is 19.4 Å². The van der Waals surface area contributed by atoms with Crippen molar-refractivity contribution in [3.8, 4) is 0 Å². The summed E-state index contributed by atoms with van der Waals surface area (Å²) in [4.78, 5) is 2.04. The Labute approximate surface area is 129 Å². The third-order valence-electron chi connectivity index (χ3n) is 3.36. The van der Waals surface area contributed by atoms with Crippen LogP contribution in [-0.4, -0.2) is 31.1 Å². The molecule has 1 aromatic rings. The molecule has 1 heterocycles. The number of halogens is 5. The highest BCUT2D eigenvalue weighted by Crippen LogP contribution is 2.29. The van der Waals surface area contributed by atoms with Gasteiger partial charge in [-0.25, -0.2) is 13.2 Å². The van der Waals surface area contributed by atoms with Gasteiger partial charge in [-0.1, -0.05) is 6.92 Å². The first kappa shape index (κ1) is 19.5. The van der Waals surface area contributed by atoms with Crippen LogP contribution in [-0.2, 0) is 0 Å². The second kappa shape index (κ2) is 8.72. The van der Waals surface area contributed by atoms with Gasteiger partial charge in [-0.2, -0.15) is 0 Å². The van der Waals surface area contributed by atoms with E-state index in [0.717, 1.165) is 38.3 Å².